The summed E-state index contributed by atoms with van der Waals surface area (Å²) in [7, 11) is 1.49. The zero-order valence-corrected chi connectivity index (χ0v) is 26.7. The second-order valence-corrected chi connectivity index (χ2v) is 14.5. The molecule has 0 radical (unpaired) electrons. The van der Waals surface area contributed by atoms with E-state index in [1.165, 1.54) is 16.8 Å². The van der Waals surface area contributed by atoms with Crippen molar-refractivity contribution in [1.82, 2.24) is 9.80 Å². The number of fused-ring (bicyclic) bond motifs is 2. The van der Waals surface area contributed by atoms with Gasteiger partial charge in [0.05, 0.1) is 6.42 Å². The Morgan fingerprint density at radius 3 is 2.04 bits per heavy atom. The van der Waals surface area contributed by atoms with E-state index in [0.29, 0.717) is 17.1 Å². The molecule has 230 valence electrons. The van der Waals surface area contributed by atoms with Crippen LogP contribution in [0.15, 0.2) is 78.9 Å². The minimum atomic E-state index is -1.71. The monoisotopic (exact) mass is 641 g/mol. The molecule has 2 fully saturated rings. The second kappa shape index (κ2) is 11.6. The highest BCUT2D eigenvalue weighted by molar-refractivity contribution is 8.16. The van der Waals surface area contributed by atoms with Crippen LogP contribution in [-0.2, 0) is 32.0 Å². The fourth-order valence-electron chi connectivity index (χ4n) is 6.38. The van der Waals surface area contributed by atoms with Crippen LogP contribution in [0.2, 0.25) is 0 Å². The van der Waals surface area contributed by atoms with E-state index in [9.17, 15) is 19.2 Å². The van der Waals surface area contributed by atoms with Gasteiger partial charge in [-0.05, 0) is 59.3 Å². The smallest absolute Gasteiger partial charge is 0.261 e. The van der Waals surface area contributed by atoms with Crippen LogP contribution in [0.5, 0.6) is 11.5 Å². The SMILES string of the molecule is [C-]#[N+][C@@]1(C)C[C@]2(SC(=O)Cc3ccccc3)C(=O)N(C)[C@@](C)(SC(=O)Cc3ccccc3)C(=O)N2C1c1ccc2c(c1)OCO2. The maximum absolute atomic E-state index is 14.9. The summed E-state index contributed by atoms with van der Waals surface area (Å²) < 4.78 is 11.1. The second-order valence-electron chi connectivity index (χ2n) is 11.7. The third kappa shape index (κ3) is 5.26. The molecule has 3 aliphatic rings. The zero-order chi connectivity index (χ0) is 32.0. The number of hydrogen-bond acceptors (Lipinski definition) is 8. The van der Waals surface area contributed by atoms with Crippen molar-refractivity contribution in [2.45, 2.75) is 54.4 Å². The van der Waals surface area contributed by atoms with E-state index in [1.807, 2.05) is 60.7 Å². The molecule has 4 atom stereocenters. The van der Waals surface area contributed by atoms with Gasteiger partial charge in [0.25, 0.3) is 17.4 Å². The Kier molecular flexibility index (Phi) is 7.91. The van der Waals surface area contributed by atoms with E-state index >= 15 is 0 Å². The first-order valence-electron chi connectivity index (χ1n) is 14.4. The van der Waals surface area contributed by atoms with Gasteiger partial charge in [0.1, 0.15) is 6.04 Å². The number of thioether (sulfide) groups is 2. The third-order valence-corrected chi connectivity index (χ3v) is 11.1. The minimum Gasteiger partial charge on any atom is -0.454 e. The first kappa shape index (κ1) is 30.7. The number of ether oxygens (including phenoxy) is 2. The summed E-state index contributed by atoms with van der Waals surface area (Å²) in [5, 5.41) is -0.598. The van der Waals surface area contributed by atoms with Crippen molar-refractivity contribution in [2.75, 3.05) is 13.8 Å². The molecule has 0 N–H and O–H groups in total. The number of benzene rings is 3. The molecule has 3 aromatic rings. The number of piperazine rings is 1. The van der Waals surface area contributed by atoms with Crippen molar-refractivity contribution < 1.29 is 28.7 Å². The average Bonchev–Trinajstić information content (AvgIpc) is 3.60. The minimum absolute atomic E-state index is 0.0390. The highest BCUT2D eigenvalue weighted by Crippen LogP contribution is 2.61. The molecule has 11 heteroatoms. The largest absolute Gasteiger partial charge is 0.454 e. The van der Waals surface area contributed by atoms with Crippen molar-refractivity contribution in [3.63, 3.8) is 0 Å². The fourth-order valence-corrected chi connectivity index (χ4v) is 8.96. The summed E-state index contributed by atoms with van der Waals surface area (Å²) in [5.74, 6) is -0.0268. The molecule has 0 saturated carbocycles. The predicted molar refractivity (Wildman–Crippen MR) is 171 cm³/mol. The first-order valence-corrected chi connectivity index (χ1v) is 16.1. The standard InChI is InChI=1S/C34H31N3O6S2/c1-32(35-3)20-34(45-28(39)18-23-13-9-6-10-14-23)31(41)36(4)33(2,44-27(38)17-22-11-7-5-8-12-22)30(40)37(34)29(32)24-15-16-25-26(19-24)43-21-42-25/h5-16,19,29H,17-18,20-21H2,1-2,4H3/t29?,32-,33-,34-/m0/s1. The molecule has 45 heavy (non-hydrogen) atoms. The van der Waals surface area contributed by atoms with Gasteiger partial charge in [-0.3, -0.25) is 19.2 Å². The maximum Gasteiger partial charge on any atom is 0.261 e. The highest BCUT2D eigenvalue weighted by atomic mass is 32.2. The quantitative estimate of drug-likeness (QED) is 0.323. The van der Waals surface area contributed by atoms with Gasteiger partial charge < -0.3 is 24.1 Å². The zero-order valence-electron chi connectivity index (χ0n) is 25.0. The molecule has 3 aromatic carbocycles. The Morgan fingerprint density at radius 1 is 0.867 bits per heavy atom. The molecule has 1 unspecified atom stereocenters. The molecule has 0 aliphatic carbocycles. The van der Waals surface area contributed by atoms with Gasteiger partial charge in [0.15, 0.2) is 31.5 Å². The van der Waals surface area contributed by atoms with Crippen LogP contribution in [0, 0.1) is 6.57 Å². The average molecular weight is 642 g/mol. The summed E-state index contributed by atoms with van der Waals surface area (Å²) in [4.78, 5) is 60.1. The molecule has 2 amide bonds. The Morgan fingerprint density at radius 2 is 1.44 bits per heavy atom. The number of amides is 2. The van der Waals surface area contributed by atoms with Gasteiger partial charge in [-0.1, -0.05) is 66.7 Å². The van der Waals surface area contributed by atoms with Gasteiger partial charge in [0.2, 0.25) is 6.79 Å². The van der Waals surface area contributed by atoms with Crippen LogP contribution >= 0.6 is 23.5 Å². The first-order chi connectivity index (χ1) is 21.5. The van der Waals surface area contributed by atoms with Crippen molar-refractivity contribution in [3.8, 4) is 11.5 Å². The third-order valence-electron chi connectivity index (χ3n) is 8.67. The van der Waals surface area contributed by atoms with Crippen LogP contribution in [0.1, 0.15) is 43.0 Å². The lowest BCUT2D eigenvalue weighted by Crippen LogP contribution is -2.71. The van der Waals surface area contributed by atoms with Crippen molar-refractivity contribution >= 4 is 45.6 Å². The number of hydrogen-bond donors (Lipinski definition) is 0. The topological polar surface area (TPSA) is 97.6 Å². The Labute approximate surface area is 270 Å². The van der Waals surface area contributed by atoms with Crippen LogP contribution in [0.25, 0.3) is 4.85 Å². The summed E-state index contributed by atoms with van der Waals surface area (Å²) in [6.45, 7) is 11.6. The van der Waals surface area contributed by atoms with E-state index in [4.69, 9.17) is 16.0 Å². The normalized spacial score (nSPS) is 26.8. The maximum atomic E-state index is 14.9. The van der Waals surface area contributed by atoms with E-state index in [2.05, 4.69) is 4.85 Å². The van der Waals surface area contributed by atoms with Gasteiger partial charge in [-0.2, -0.15) is 0 Å². The van der Waals surface area contributed by atoms with E-state index in [-0.39, 0.29) is 36.3 Å². The molecule has 0 spiro atoms. The Balaban J connectivity index is 1.44. The van der Waals surface area contributed by atoms with Crippen molar-refractivity contribution in [2.24, 2.45) is 0 Å². The Bertz CT molecular complexity index is 1730. The van der Waals surface area contributed by atoms with E-state index in [0.717, 1.165) is 34.7 Å². The van der Waals surface area contributed by atoms with Crippen LogP contribution in [0.4, 0.5) is 0 Å². The molecule has 2 saturated heterocycles. The molecule has 0 bridgehead atoms. The molecule has 3 heterocycles. The van der Waals surface area contributed by atoms with Crippen molar-refractivity contribution in [1.29, 1.82) is 0 Å². The Hall–Kier alpha value is -4.27. The molecular weight excluding hydrogens is 611 g/mol. The molecule has 3 aliphatic heterocycles. The summed E-state index contributed by atoms with van der Waals surface area (Å²) in [6, 6.07) is 22.6. The fraction of sp³-hybridized carbons (Fsp3) is 0.324. The molecular formula is C34H31N3O6S2. The summed E-state index contributed by atoms with van der Waals surface area (Å²) in [6.07, 6.45) is 0.0237. The lowest BCUT2D eigenvalue weighted by Gasteiger charge is -2.52. The highest BCUT2D eigenvalue weighted by Gasteiger charge is 2.74. The van der Waals surface area contributed by atoms with E-state index < -0.39 is 33.1 Å². The lowest BCUT2D eigenvalue weighted by atomic mass is 9.87. The number of carbonyl (C=O) groups is 4. The van der Waals surface area contributed by atoms with Gasteiger partial charge in [-0.25, -0.2) is 6.57 Å². The summed E-state index contributed by atoms with van der Waals surface area (Å²) in [5.41, 5.74) is 0.840. The van der Waals surface area contributed by atoms with Crippen LogP contribution < -0.4 is 9.47 Å². The van der Waals surface area contributed by atoms with Crippen LogP contribution in [-0.4, -0.2) is 61.0 Å². The van der Waals surface area contributed by atoms with Gasteiger partial charge >= 0.3 is 0 Å². The van der Waals surface area contributed by atoms with Crippen molar-refractivity contribution in [3.05, 3.63) is 107 Å². The van der Waals surface area contributed by atoms with Gasteiger partial charge in [-0.15, -0.1) is 0 Å². The number of likely N-dealkylation sites (N-methyl/N-ethyl adjacent to an activating group) is 1. The van der Waals surface area contributed by atoms with E-state index in [1.54, 1.807) is 32.0 Å². The number of rotatable bonds is 7. The van der Waals surface area contributed by atoms with Crippen LogP contribution in [0.3, 0.4) is 0 Å². The summed E-state index contributed by atoms with van der Waals surface area (Å²) >= 11 is 1.58. The van der Waals surface area contributed by atoms with Gasteiger partial charge in [0, 0.05) is 26.8 Å². The predicted octanol–water partition coefficient (Wildman–Crippen LogP) is 5.26. The molecule has 0 aromatic heterocycles. The lowest BCUT2D eigenvalue weighted by molar-refractivity contribution is -0.163. The molecule has 6 rings (SSSR count). The number of nitrogens with zero attached hydrogens (tertiary/aromatic N) is 3. The number of carbonyl (C=O) groups excluding carboxylic acids is 4. The molecule has 9 nitrogen and oxygen atoms in total.